The Balaban J connectivity index is 1.55. The Kier molecular flexibility index (Phi) is 5.74. The van der Waals surface area contributed by atoms with Crippen LogP contribution in [0.1, 0.15) is 35.0 Å². The number of rotatable bonds is 7. The lowest BCUT2D eigenvalue weighted by Gasteiger charge is -2.03. The summed E-state index contributed by atoms with van der Waals surface area (Å²) in [4.78, 5) is 17.4. The Bertz CT molecular complexity index is 1130. The molecule has 0 saturated carbocycles. The summed E-state index contributed by atoms with van der Waals surface area (Å²) in [5.74, 6) is -0.0684. The maximum absolute atomic E-state index is 12.8. The van der Waals surface area contributed by atoms with Gasteiger partial charge in [0, 0.05) is 29.0 Å². The van der Waals surface area contributed by atoms with Crippen molar-refractivity contribution in [2.24, 2.45) is 0 Å². The average molecular weight is 407 g/mol. The van der Waals surface area contributed by atoms with Crippen LogP contribution in [0.3, 0.4) is 0 Å². The third-order valence-corrected chi connectivity index (χ3v) is 5.46. The highest BCUT2D eigenvalue weighted by atomic mass is 32.1. The lowest BCUT2D eigenvalue weighted by Crippen LogP contribution is -2.13. The van der Waals surface area contributed by atoms with Gasteiger partial charge in [-0.1, -0.05) is 55.8 Å². The number of nitrogens with zero attached hydrogens (tertiary/aromatic N) is 1. The van der Waals surface area contributed by atoms with Crippen LogP contribution in [-0.4, -0.2) is 18.0 Å². The molecule has 5 nitrogen and oxygen atoms in total. The summed E-state index contributed by atoms with van der Waals surface area (Å²) < 4.78 is 11.1. The molecule has 29 heavy (non-hydrogen) atoms. The fraction of sp³-hybridized carbons (Fsp3) is 0.217. The first-order valence-electron chi connectivity index (χ1n) is 9.55. The number of thiazole rings is 1. The highest BCUT2D eigenvalue weighted by molar-refractivity contribution is 7.14. The predicted octanol–water partition coefficient (Wildman–Crippen LogP) is 5.91. The lowest BCUT2D eigenvalue weighted by molar-refractivity contribution is 0.0992. The minimum atomic E-state index is -0.326. The van der Waals surface area contributed by atoms with Crippen LogP contribution in [0.25, 0.3) is 22.2 Å². The molecule has 0 radical (unpaired) electrons. The number of aryl methyl sites for hydroxylation is 1. The van der Waals surface area contributed by atoms with Crippen LogP contribution in [-0.2, 0) is 17.8 Å². The number of hydrogen-bond donors (Lipinski definition) is 1. The second-order valence-corrected chi connectivity index (χ2v) is 7.64. The molecule has 2 heterocycles. The summed E-state index contributed by atoms with van der Waals surface area (Å²) in [6.45, 7) is 2.47. The van der Waals surface area contributed by atoms with Crippen molar-refractivity contribution in [2.75, 3.05) is 12.4 Å². The first kappa shape index (κ1) is 19.4. The quantitative estimate of drug-likeness (QED) is 0.414. The number of ether oxygens (including phenoxy) is 1. The topological polar surface area (TPSA) is 64.4 Å². The van der Waals surface area contributed by atoms with Crippen LogP contribution in [0, 0.1) is 0 Å². The average Bonchev–Trinajstić information content (AvgIpc) is 3.34. The van der Waals surface area contributed by atoms with E-state index in [1.165, 1.54) is 16.9 Å². The number of nitrogens with one attached hydrogen (secondary N) is 1. The molecule has 0 aliphatic rings. The summed E-state index contributed by atoms with van der Waals surface area (Å²) in [6, 6.07) is 16.0. The maximum Gasteiger partial charge on any atom is 0.293 e. The third-order valence-electron chi connectivity index (χ3n) is 4.71. The fourth-order valence-electron chi connectivity index (χ4n) is 3.32. The van der Waals surface area contributed by atoms with Gasteiger partial charge < -0.3 is 9.15 Å². The first-order valence-corrected chi connectivity index (χ1v) is 10.4. The van der Waals surface area contributed by atoms with Crippen LogP contribution >= 0.6 is 11.3 Å². The van der Waals surface area contributed by atoms with Crippen molar-refractivity contribution in [2.45, 2.75) is 26.4 Å². The van der Waals surface area contributed by atoms with Gasteiger partial charge in [0.2, 0.25) is 0 Å². The van der Waals surface area contributed by atoms with E-state index in [0.29, 0.717) is 17.3 Å². The highest BCUT2D eigenvalue weighted by Crippen LogP contribution is 2.29. The Hall–Kier alpha value is -2.96. The molecule has 1 amide bonds. The van der Waals surface area contributed by atoms with Gasteiger partial charge in [-0.05, 0) is 18.1 Å². The molecule has 4 rings (SSSR count). The molecular formula is C23H22N2O3S. The second-order valence-electron chi connectivity index (χ2n) is 6.78. The van der Waals surface area contributed by atoms with Gasteiger partial charge in [-0.15, -0.1) is 11.3 Å². The van der Waals surface area contributed by atoms with E-state index < -0.39 is 0 Å². The highest BCUT2D eigenvalue weighted by Gasteiger charge is 2.21. The van der Waals surface area contributed by atoms with E-state index in [0.717, 1.165) is 35.0 Å². The van der Waals surface area contributed by atoms with E-state index in [1.807, 2.05) is 29.6 Å². The number of aromatic nitrogens is 1. The first-order chi connectivity index (χ1) is 14.2. The van der Waals surface area contributed by atoms with Crippen LogP contribution in [0.5, 0.6) is 0 Å². The number of anilines is 1. The van der Waals surface area contributed by atoms with E-state index >= 15 is 0 Å². The van der Waals surface area contributed by atoms with E-state index in [-0.39, 0.29) is 11.7 Å². The third kappa shape index (κ3) is 4.09. The number of carbonyl (C=O) groups excluding carboxylic acids is 1. The summed E-state index contributed by atoms with van der Waals surface area (Å²) in [5, 5.41) is 6.22. The monoisotopic (exact) mass is 406 g/mol. The van der Waals surface area contributed by atoms with Crippen LogP contribution in [0.2, 0.25) is 0 Å². The zero-order chi connectivity index (χ0) is 20.2. The van der Waals surface area contributed by atoms with Gasteiger partial charge in [0.1, 0.15) is 5.58 Å². The van der Waals surface area contributed by atoms with Gasteiger partial charge in [-0.25, -0.2) is 4.98 Å². The molecule has 0 unspecified atom stereocenters. The molecule has 0 atom stereocenters. The van der Waals surface area contributed by atoms with Crippen molar-refractivity contribution >= 4 is 33.3 Å². The number of amides is 1. The smallest absolute Gasteiger partial charge is 0.293 e. The molecule has 6 heteroatoms. The summed E-state index contributed by atoms with van der Waals surface area (Å²) in [5.41, 5.74) is 4.59. The Morgan fingerprint density at radius 2 is 1.97 bits per heavy atom. The molecule has 2 aromatic heterocycles. The molecule has 0 aliphatic heterocycles. The van der Waals surface area contributed by atoms with E-state index in [2.05, 4.69) is 41.5 Å². The molecular weight excluding hydrogens is 384 g/mol. The molecule has 2 aromatic carbocycles. The number of hydrogen-bond acceptors (Lipinski definition) is 5. The summed E-state index contributed by atoms with van der Waals surface area (Å²) in [6.07, 6.45) is 2.19. The van der Waals surface area contributed by atoms with Crippen LogP contribution in [0.15, 0.2) is 58.3 Å². The lowest BCUT2D eigenvalue weighted by atomic mass is 10.1. The molecule has 0 saturated heterocycles. The minimum Gasteiger partial charge on any atom is -0.451 e. The number of fused-ring (bicyclic) bond motifs is 1. The molecule has 0 bridgehead atoms. The SMILES string of the molecule is CCCc1ccc(-c2csc(NC(=O)c3oc4ccccc4c3COC)n2)cc1. The molecule has 148 valence electrons. The summed E-state index contributed by atoms with van der Waals surface area (Å²) in [7, 11) is 1.60. The van der Waals surface area contributed by atoms with E-state index in [4.69, 9.17) is 9.15 Å². The molecule has 1 N–H and O–H groups in total. The van der Waals surface area contributed by atoms with Crippen molar-refractivity contribution in [3.05, 3.63) is 70.8 Å². The van der Waals surface area contributed by atoms with Crippen molar-refractivity contribution in [3.8, 4) is 11.3 Å². The summed E-state index contributed by atoms with van der Waals surface area (Å²) >= 11 is 1.39. The predicted molar refractivity (Wildman–Crippen MR) is 116 cm³/mol. The van der Waals surface area contributed by atoms with Gasteiger partial charge in [0.15, 0.2) is 10.9 Å². The van der Waals surface area contributed by atoms with Crippen molar-refractivity contribution in [3.63, 3.8) is 0 Å². The molecule has 0 fully saturated rings. The van der Waals surface area contributed by atoms with Gasteiger partial charge in [-0.3, -0.25) is 10.1 Å². The zero-order valence-electron chi connectivity index (χ0n) is 16.4. The standard InChI is InChI=1S/C23H22N2O3S/c1-3-6-15-9-11-16(12-10-15)19-14-29-23(24-19)25-22(26)21-18(13-27-2)17-7-4-5-8-20(17)28-21/h4-5,7-12,14H,3,6,13H2,1-2H3,(H,24,25,26). The maximum atomic E-state index is 12.8. The van der Waals surface area contributed by atoms with E-state index in [9.17, 15) is 4.79 Å². The Labute approximate surface area is 173 Å². The van der Waals surface area contributed by atoms with Crippen LogP contribution < -0.4 is 5.32 Å². The Morgan fingerprint density at radius 1 is 1.17 bits per heavy atom. The largest absolute Gasteiger partial charge is 0.451 e. The van der Waals surface area contributed by atoms with Crippen molar-refractivity contribution in [1.82, 2.24) is 4.98 Å². The number of para-hydroxylation sites is 1. The molecule has 4 aromatic rings. The van der Waals surface area contributed by atoms with Gasteiger partial charge in [0.25, 0.3) is 5.91 Å². The number of benzene rings is 2. The van der Waals surface area contributed by atoms with Gasteiger partial charge in [-0.2, -0.15) is 0 Å². The minimum absolute atomic E-state index is 0.258. The van der Waals surface area contributed by atoms with Crippen molar-refractivity contribution < 1.29 is 13.9 Å². The number of methoxy groups -OCH3 is 1. The van der Waals surface area contributed by atoms with Crippen molar-refractivity contribution in [1.29, 1.82) is 0 Å². The molecule has 0 aliphatic carbocycles. The number of furan rings is 1. The van der Waals surface area contributed by atoms with Gasteiger partial charge in [0.05, 0.1) is 12.3 Å². The number of carbonyl (C=O) groups is 1. The normalized spacial score (nSPS) is 11.1. The fourth-order valence-corrected chi connectivity index (χ4v) is 4.03. The zero-order valence-corrected chi connectivity index (χ0v) is 17.2. The van der Waals surface area contributed by atoms with Crippen LogP contribution in [0.4, 0.5) is 5.13 Å². The molecule has 0 spiro atoms. The van der Waals surface area contributed by atoms with Gasteiger partial charge >= 0.3 is 0 Å². The second kappa shape index (κ2) is 8.59. The van der Waals surface area contributed by atoms with E-state index in [1.54, 1.807) is 7.11 Å². The Morgan fingerprint density at radius 3 is 2.72 bits per heavy atom.